The van der Waals surface area contributed by atoms with Crippen molar-refractivity contribution in [3.05, 3.63) is 59.4 Å². The first kappa shape index (κ1) is 24.7. The highest BCUT2D eigenvalue weighted by Gasteiger charge is 2.30. The van der Waals surface area contributed by atoms with Crippen molar-refractivity contribution in [3.63, 3.8) is 0 Å². The van der Waals surface area contributed by atoms with Crippen molar-refractivity contribution in [2.24, 2.45) is 5.92 Å². The Bertz CT molecular complexity index is 1170. The molecule has 1 atom stereocenters. The Morgan fingerprint density at radius 3 is 2.71 bits per heavy atom. The van der Waals surface area contributed by atoms with Crippen LogP contribution in [0.1, 0.15) is 73.3 Å². The number of rotatable bonds is 9. The number of ether oxygens (including phenoxy) is 1. The van der Waals surface area contributed by atoms with E-state index >= 15 is 0 Å². The minimum atomic E-state index is -0.349. The maximum absolute atomic E-state index is 13.9. The smallest absolute Gasteiger partial charge is 0.307 e. The second-order valence-corrected chi connectivity index (χ2v) is 8.99. The number of pyridine rings is 1. The molecule has 2 heterocycles. The highest BCUT2D eigenvalue weighted by atomic mass is 19.1. The van der Waals surface area contributed by atoms with Crippen molar-refractivity contribution < 1.29 is 23.1 Å². The number of benzene rings is 1. The van der Waals surface area contributed by atoms with Crippen LogP contribution in [0, 0.1) is 18.7 Å². The lowest BCUT2D eigenvalue weighted by atomic mass is 9.82. The van der Waals surface area contributed by atoms with Crippen LogP contribution in [0.25, 0.3) is 11.0 Å². The van der Waals surface area contributed by atoms with E-state index in [9.17, 15) is 14.0 Å². The number of nitrogens with one attached hydrogen (secondary N) is 2. The van der Waals surface area contributed by atoms with E-state index in [1.54, 1.807) is 25.3 Å². The Kier molecular flexibility index (Phi) is 8.00. The third kappa shape index (κ3) is 5.99. The number of carbonyl (C=O) groups is 2. The SMILES string of the molecule is CCOC(=O)CCNC(=O)c1ccc(NC(c2oc3ccc(F)cc3c2C)C2CCCCC2)cn1. The molecule has 7 nitrogen and oxygen atoms in total. The first-order valence-corrected chi connectivity index (χ1v) is 12.3. The Morgan fingerprint density at radius 1 is 1.20 bits per heavy atom. The molecule has 0 bridgehead atoms. The van der Waals surface area contributed by atoms with Gasteiger partial charge >= 0.3 is 5.97 Å². The molecule has 1 aliphatic rings. The Balaban J connectivity index is 1.49. The monoisotopic (exact) mass is 481 g/mol. The van der Waals surface area contributed by atoms with E-state index in [-0.39, 0.29) is 42.4 Å². The molecule has 0 saturated heterocycles. The van der Waals surface area contributed by atoms with Gasteiger partial charge in [0, 0.05) is 17.5 Å². The topological polar surface area (TPSA) is 93.5 Å². The zero-order valence-corrected chi connectivity index (χ0v) is 20.2. The Labute approximate surface area is 204 Å². The second-order valence-electron chi connectivity index (χ2n) is 8.99. The average molecular weight is 482 g/mol. The number of aryl methyl sites for hydroxylation is 1. The molecule has 0 radical (unpaired) electrons. The van der Waals surface area contributed by atoms with Crippen LogP contribution in [0.2, 0.25) is 0 Å². The van der Waals surface area contributed by atoms with E-state index in [4.69, 9.17) is 9.15 Å². The summed E-state index contributed by atoms with van der Waals surface area (Å²) in [7, 11) is 0. The number of furan rings is 1. The van der Waals surface area contributed by atoms with Crippen molar-refractivity contribution in [1.29, 1.82) is 0 Å². The zero-order valence-electron chi connectivity index (χ0n) is 20.2. The van der Waals surface area contributed by atoms with Gasteiger partial charge in [-0.1, -0.05) is 19.3 Å². The fourth-order valence-corrected chi connectivity index (χ4v) is 4.77. The van der Waals surface area contributed by atoms with E-state index in [0.717, 1.165) is 35.2 Å². The molecule has 1 aliphatic carbocycles. The normalized spacial score (nSPS) is 15.1. The Morgan fingerprint density at radius 2 is 2.00 bits per heavy atom. The van der Waals surface area contributed by atoms with Gasteiger partial charge in [-0.3, -0.25) is 9.59 Å². The lowest BCUT2D eigenvalue weighted by Crippen LogP contribution is -2.27. The number of anilines is 1. The number of nitrogens with zero attached hydrogens (tertiary/aromatic N) is 1. The highest BCUT2D eigenvalue weighted by Crippen LogP contribution is 2.40. The molecular formula is C27H32FN3O4. The van der Waals surface area contributed by atoms with Crippen molar-refractivity contribution in [1.82, 2.24) is 10.3 Å². The fraction of sp³-hybridized carbons (Fsp3) is 0.444. The quantitative estimate of drug-likeness (QED) is 0.381. The predicted octanol–water partition coefficient (Wildman–Crippen LogP) is 5.69. The summed E-state index contributed by atoms with van der Waals surface area (Å²) in [5, 5.41) is 7.05. The third-order valence-corrected chi connectivity index (χ3v) is 6.58. The van der Waals surface area contributed by atoms with Gasteiger partial charge < -0.3 is 19.8 Å². The van der Waals surface area contributed by atoms with Crippen LogP contribution in [-0.4, -0.2) is 30.0 Å². The van der Waals surface area contributed by atoms with E-state index < -0.39 is 0 Å². The number of amides is 1. The first-order chi connectivity index (χ1) is 17.0. The molecule has 186 valence electrons. The van der Waals surface area contributed by atoms with E-state index in [2.05, 4.69) is 15.6 Å². The zero-order chi connectivity index (χ0) is 24.8. The predicted molar refractivity (Wildman–Crippen MR) is 132 cm³/mol. The van der Waals surface area contributed by atoms with E-state index in [1.165, 1.54) is 31.4 Å². The average Bonchev–Trinajstić information content (AvgIpc) is 3.19. The molecule has 1 fully saturated rings. The van der Waals surface area contributed by atoms with Gasteiger partial charge in [0.25, 0.3) is 5.91 Å². The molecule has 4 rings (SSSR count). The molecule has 1 aromatic carbocycles. The van der Waals surface area contributed by atoms with Crippen LogP contribution in [0.3, 0.4) is 0 Å². The fourth-order valence-electron chi connectivity index (χ4n) is 4.77. The standard InChI is InChI=1S/C27H32FN3O4/c1-3-34-24(32)13-14-29-27(33)22-11-10-20(16-30-22)31-25(18-7-5-4-6-8-18)26-17(2)21-15-19(28)9-12-23(21)35-26/h9-12,15-16,18,25,31H,3-8,13-14H2,1-2H3,(H,29,33). The third-order valence-electron chi connectivity index (χ3n) is 6.58. The van der Waals surface area contributed by atoms with Crippen molar-refractivity contribution in [2.45, 2.75) is 58.4 Å². The summed E-state index contributed by atoms with van der Waals surface area (Å²) >= 11 is 0. The molecule has 0 aliphatic heterocycles. The van der Waals surface area contributed by atoms with E-state index in [0.29, 0.717) is 18.1 Å². The van der Waals surface area contributed by atoms with Crippen molar-refractivity contribution >= 4 is 28.5 Å². The van der Waals surface area contributed by atoms with Gasteiger partial charge in [0.05, 0.1) is 31.0 Å². The molecule has 1 unspecified atom stereocenters. The number of esters is 1. The highest BCUT2D eigenvalue weighted by molar-refractivity contribution is 5.92. The van der Waals surface area contributed by atoms with E-state index in [1.807, 2.05) is 13.0 Å². The van der Waals surface area contributed by atoms with Gasteiger partial charge in [0.1, 0.15) is 22.9 Å². The van der Waals surface area contributed by atoms with Crippen molar-refractivity contribution in [2.75, 3.05) is 18.5 Å². The van der Waals surface area contributed by atoms with Gasteiger partial charge in [-0.25, -0.2) is 9.37 Å². The summed E-state index contributed by atoms with van der Waals surface area (Å²) in [6, 6.07) is 8.00. The summed E-state index contributed by atoms with van der Waals surface area (Å²) in [5.74, 6) is 0.213. The molecule has 1 amide bonds. The van der Waals surface area contributed by atoms with Crippen LogP contribution in [-0.2, 0) is 9.53 Å². The number of carbonyl (C=O) groups excluding carboxylic acids is 2. The molecule has 0 spiro atoms. The molecular weight excluding hydrogens is 449 g/mol. The largest absolute Gasteiger partial charge is 0.466 e. The van der Waals surface area contributed by atoms with Crippen LogP contribution in [0.5, 0.6) is 0 Å². The van der Waals surface area contributed by atoms with Crippen LogP contribution < -0.4 is 10.6 Å². The maximum atomic E-state index is 13.9. The minimum absolute atomic E-state index is 0.0863. The molecule has 8 heteroatoms. The number of halogens is 1. The van der Waals surface area contributed by atoms with Gasteiger partial charge in [0.2, 0.25) is 0 Å². The van der Waals surface area contributed by atoms with Crippen molar-refractivity contribution in [3.8, 4) is 0 Å². The number of hydrogen-bond donors (Lipinski definition) is 2. The second kappa shape index (κ2) is 11.3. The van der Waals surface area contributed by atoms with Crippen LogP contribution in [0.4, 0.5) is 10.1 Å². The molecule has 35 heavy (non-hydrogen) atoms. The summed E-state index contributed by atoms with van der Waals surface area (Å²) in [5.41, 5.74) is 2.65. The number of aromatic nitrogens is 1. The molecule has 1 saturated carbocycles. The van der Waals surface area contributed by atoms with Gasteiger partial charge in [-0.05, 0) is 62.9 Å². The summed E-state index contributed by atoms with van der Waals surface area (Å²) in [6.07, 6.45) is 7.47. The number of fused-ring (bicyclic) bond motifs is 1. The van der Waals surface area contributed by atoms with Gasteiger partial charge in [0.15, 0.2) is 0 Å². The van der Waals surface area contributed by atoms with Crippen LogP contribution in [0.15, 0.2) is 40.9 Å². The first-order valence-electron chi connectivity index (χ1n) is 12.3. The summed E-state index contributed by atoms with van der Waals surface area (Å²) in [4.78, 5) is 28.1. The maximum Gasteiger partial charge on any atom is 0.307 e. The summed E-state index contributed by atoms with van der Waals surface area (Å²) < 4.78 is 25.0. The molecule has 2 aromatic heterocycles. The minimum Gasteiger partial charge on any atom is -0.466 e. The Hall–Kier alpha value is -3.42. The number of hydrogen-bond acceptors (Lipinski definition) is 6. The van der Waals surface area contributed by atoms with Crippen LogP contribution >= 0.6 is 0 Å². The lowest BCUT2D eigenvalue weighted by molar-refractivity contribution is -0.142. The van der Waals surface area contributed by atoms with Gasteiger partial charge in [-0.15, -0.1) is 0 Å². The lowest BCUT2D eigenvalue weighted by Gasteiger charge is -2.30. The van der Waals surface area contributed by atoms with Gasteiger partial charge in [-0.2, -0.15) is 0 Å². The molecule has 3 aromatic rings. The molecule has 2 N–H and O–H groups in total. The summed E-state index contributed by atoms with van der Waals surface area (Å²) in [6.45, 7) is 4.22.